The summed E-state index contributed by atoms with van der Waals surface area (Å²) in [6.07, 6.45) is 0.990. The summed E-state index contributed by atoms with van der Waals surface area (Å²) in [5.41, 5.74) is 2.14. The van der Waals surface area contributed by atoms with Crippen LogP contribution in [-0.4, -0.2) is 33.7 Å². The van der Waals surface area contributed by atoms with Gasteiger partial charge in [-0.15, -0.1) is 0 Å². The molecule has 0 aliphatic carbocycles. The van der Waals surface area contributed by atoms with Crippen LogP contribution in [-0.2, 0) is 4.79 Å². The third-order valence-corrected chi connectivity index (χ3v) is 3.27. The Morgan fingerprint density at radius 1 is 1.19 bits per heavy atom. The molecule has 11 heteroatoms. The van der Waals surface area contributed by atoms with E-state index in [1.54, 1.807) is 13.0 Å². The minimum absolute atomic E-state index is 0.0182. The largest absolute Gasteiger partial charge is 0.508 e. The van der Waals surface area contributed by atoms with Crippen LogP contribution in [0.2, 0.25) is 0 Å². The Bertz CT molecular complexity index is 927. The van der Waals surface area contributed by atoms with Crippen molar-refractivity contribution < 1.29 is 24.5 Å². The first kappa shape index (κ1) is 19.3. The number of nitro benzene ring substituents is 2. The molecular weight excluding hydrogens is 360 g/mol. The second-order valence-corrected chi connectivity index (χ2v) is 5.31. The van der Waals surface area contributed by atoms with Crippen molar-refractivity contribution in [2.24, 2.45) is 5.10 Å². The van der Waals surface area contributed by atoms with Crippen molar-refractivity contribution in [2.75, 3.05) is 6.61 Å². The first-order chi connectivity index (χ1) is 12.8. The number of ether oxygens (including phenoxy) is 1. The van der Waals surface area contributed by atoms with Crippen LogP contribution in [0.3, 0.4) is 0 Å². The van der Waals surface area contributed by atoms with E-state index in [4.69, 9.17) is 4.74 Å². The molecule has 140 valence electrons. The number of nitrogens with zero attached hydrogens (tertiary/aromatic N) is 3. The summed E-state index contributed by atoms with van der Waals surface area (Å²) < 4.78 is 5.12. The number of carbonyl (C=O) groups excluding carboxylic acids is 1. The maximum absolute atomic E-state index is 11.7. The predicted molar refractivity (Wildman–Crippen MR) is 93.8 cm³/mol. The Kier molecular flexibility index (Phi) is 5.99. The van der Waals surface area contributed by atoms with Gasteiger partial charge < -0.3 is 9.84 Å². The molecule has 2 rings (SSSR count). The second-order valence-electron chi connectivity index (χ2n) is 5.31. The van der Waals surface area contributed by atoms with Crippen molar-refractivity contribution in [3.63, 3.8) is 0 Å². The highest BCUT2D eigenvalue weighted by Gasteiger charge is 2.16. The number of phenols is 1. The standard InChI is InChI=1S/C16H14N4O7/c1-10-2-5-15(14(6-10)20(25)26)27-9-16(22)18-17-8-11-7-12(21)3-4-13(11)19(23)24/h2-8,21H,9H2,1H3,(H,18,22)/b17-8+. The number of hydrazone groups is 1. The molecule has 0 radical (unpaired) electrons. The van der Waals surface area contributed by atoms with Crippen molar-refractivity contribution in [3.8, 4) is 11.5 Å². The van der Waals surface area contributed by atoms with E-state index in [0.717, 1.165) is 24.4 Å². The fourth-order valence-electron chi connectivity index (χ4n) is 2.05. The molecule has 0 aromatic heterocycles. The van der Waals surface area contributed by atoms with Gasteiger partial charge in [0.05, 0.1) is 21.6 Å². The van der Waals surface area contributed by atoms with Crippen molar-refractivity contribution >= 4 is 23.5 Å². The topological polar surface area (TPSA) is 157 Å². The van der Waals surface area contributed by atoms with Gasteiger partial charge in [-0.2, -0.15) is 5.10 Å². The third kappa shape index (κ3) is 5.22. The van der Waals surface area contributed by atoms with Gasteiger partial charge >= 0.3 is 5.69 Å². The molecule has 0 saturated carbocycles. The lowest BCUT2D eigenvalue weighted by molar-refractivity contribution is -0.385. The van der Waals surface area contributed by atoms with Gasteiger partial charge in [0, 0.05) is 12.1 Å². The van der Waals surface area contributed by atoms with E-state index in [1.165, 1.54) is 12.1 Å². The number of rotatable bonds is 7. The van der Waals surface area contributed by atoms with Crippen LogP contribution >= 0.6 is 0 Å². The summed E-state index contributed by atoms with van der Waals surface area (Å²) in [5.74, 6) is -1.01. The van der Waals surface area contributed by atoms with Crippen LogP contribution in [0, 0.1) is 27.2 Å². The monoisotopic (exact) mass is 374 g/mol. The Labute approximate surface area is 152 Å². The van der Waals surface area contributed by atoms with Crippen LogP contribution < -0.4 is 10.2 Å². The fraction of sp³-hybridized carbons (Fsp3) is 0.125. The van der Waals surface area contributed by atoms with Crippen molar-refractivity contribution in [1.29, 1.82) is 0 Å². The zero-order chi connectivity index (χ0) is 20.0. The summed E-state index contributed by atoms with van der Waals surface area (Å²) in [6, 6.07) is 7.64. The van der Waals surface area contributed by atoms with Gasteiger partial charge in [-0.1, -0.05) is 6.07 Å². The average Bonchev–Trinajstić information content (AvgIpc) is 2.60. The molecule has 2 aromatic carbocycles. The summed E-state index contributed by atoms with van der Waals surface area (Å²) in [4.78, 5) is 32.3. The zero-order valence-corrected chi connectivity index (χ0v) is 14.0. The van der Waals surface area contributed by atoms with E-state index in [9.17, 15) is 30.1 Å². The molecule has 0 fully saturated rings. The molecule has 2 N–H and O–H groups in total. The van der Waals surface area contributed by atoms with E-state index < -0.39 is 22.4 Å². The Balaban J connectivity index is 2.00. The number of aromatic hydroxyl groups is 1. The molecule has 0 aliphatic rings. The highest BCUT2D eigenvalue weighted by Crippen LogP contribution is 2.27. The quantitative estimate of drug-likeness (QED) is 0.426. The molecule has 0 unspecified atom stereocenters. The van der Waals surface area contributed by atoms with Gasteiger partial charge in [-0.25, -0.2) is 5.43 Å². The Morgan fingerprint density at radius 3 is 2.56 bits per heavy atom. The van der Waals surface area contributed by atoms with Gasteiger partial charge in [0.15, 0.2) is 12.4 Å². The lowest BCUT2D eigenvalue weighted by atomic mass is 10.2. The third-order valence-electron chi connectivity index (χ3n) is 3.27. The van der Waals surface area contributed by atoms with Crippen LogP contribution in [0.4, 0.5) is 11.4 Å². The van der Waals surface area contributed by atoms with Crippen molar-refractivity contribution in [1.82, 2.24) is 5.43 Å². The molecule has 0 aliphatic heterocycles. The van der Waals surface area contributed by atoms with Gasteiger partial charge in [-0.3, -0.25) is 25.0 Å². The Morgan fingerprint density at radius 2 is 1.89 bits per heavy atom. The molecule has 0 bridgehead atoms. The summed E-state index contributed by atoms with van der Waals surface area (Å²) in [5, 5.41) is 34.8. The van der Waals surface area contributed by atoms with E-state index in [2.05, 4.69) is 10.5 Å². The summed E-state index contributed by atoms with van der Waals surface area (Å²) >= 11 is 0. The number of nitrogens with one attached hydrogen (secondary N) is 1. The van der Waals surface area contributed by atoms with E-state index in [0.29, 0.717) is 5.56 Å². The molecular formula is C16H14N4O7. The van der Waals surface area contributed by atoms with E-state index in [-0.39, 0.29) is 28.4 Å². The van der Waals surface area contributed by atoms with Gasteiger partial charge in [0.2, 0.25) is 0 Å². The zero-order valence-electron chi connectivity index (χ0n) is 14.0. The first-order valence-electron chi connectivity index (χ1n) is 7.45. The molecule has 0 heterocycles. The Hall–Kier alpha value is -4.02. The number of hydrogen-bond donors (Lipinski definition) is 2. The number of carbonyl (C=O) groups is 1. The van der Waals surface area contributed by atoms with Crippen molar-refractivity contribution in [2.45, 2.75) is 6.92 Å². The van der Waals surface area contributed by atoms with Gasteiger partial charge in [-0.05, 0) is 30.7 Å². The molecule has 0 saturated heterocycles. The average molecular weight is 374 g/mol. The van der Waals surface area contributed by atoms with Crippen LogP contribution in [0.25, 0.3) is 0 Å². The first-order valence-corrected chi connectivity index (χ1v) is 7.45. The smallest absolute Gasteiger partial charge is 0.311 e. The number of phenolic OH excluding ortho intramolecular Hbond substituents is 1. The highest BCUT2D eigenvalue weighted by molar-refractivity contribution is 5.87. The molecule has 0 spiro atoms. The van der Waals surface area contributed by atoms with Gasteiger partial charge in [0.1, 0.15) is 5.75 Å². The molecule has 27 heavy (non-hydrogen) atoms. The van der Waals surface area contributed by atoms with Crippen molar-refractivity contribution in [3.05, 3.63) is 67.8 Å². The molecule has 1 amide bonds. The number of nitro groups is 2. The molecule has 11 nitrogen and oxygen atoms in total. The predicted octanol–water partition coefficient (Wildman–Crippen LogP) is 2.05. The summed E-state index contributed by atoms with van der Waals surface area (Å²) in [7, 11) is 0. The number of amides is 1. The highest BCUT2D eigenvalue weighted by atomic mass is 16.6. The van der Waals surface area contributed by atoms with Gasteiger partial charge in [0.25, 0.3) is 11.6 Å². The normalized spacial score (nSPS) is 10.6. The SMILES string of the molecule is Cc1ccc(OCC(=O)N/N=C/c2cc(O)ccc2[N+](=O)[O-])c([N+](=O)[O-])c1. The lowest BCUT2D eigenvalue weighted by Gasteiger charge is -2.06. The summed E-state index contributed by atoms with van der Waals surface area (Å²) in [6.45, 7) is 1.13. The maximum atomic E-state index is 11.7. The number of benzene rings is 2. The van der Waals surface area contributed by atoms with E-state index >= 15 is 0 Å². The minimum atomic E-state index is -0.732. The lowest BCUT2D eigenvalue weighted by Crippen LogP contribution is -2.24. The van der Waals surface area contributed by atoms with Crippen LogP contribution in [0.1, 0.15) is 11.1 Å². The maximum Gasteiger partial charge on any atom is 0.311 e. The number of hydrogen-bond acceptors (Lipinski definition) is 8. The second kappa shape index (κ2) is 8.38. The number of aryl methyl sites for hydroxylation is 1. The fourth-order valence-corrected chi connectivity index (χ4v) is 2.05. The van der Waals surface area contributed by atoms with Crippen LogP contribution in [0.5, 0.6) is 11.5 Å². The molecule has 0 atom stereocenters. The molecule has 2 aromatic rings. The minimum Gasteiger partial charge on any atom is -0.508 e. The van der Waals surface area contributed by atoms with E-state index in [1.807, 2.05) is 0 Å². The van der Waals surface area contributed by atoms with Crippen LogP contribution in [0.15, 0.2) is 41.5 Å².